The zero-order valence-corrected chi connectivity index (χ0v) is 7.49. The topological polar surface area (TPSA) is 90.7 Å². The Labute approximate surface area is 75.6 Å². The fraction of sp³-hybridized carbons (Fsp3) is 0.429. The first-order valence-electron chi connectivity index (χ1n) is 3.59. The van der Waals surface area contributed by atoms with E-state index in [9.17, 15) is 9.59 Å². The molecule has 13 heavy (non-hydrogen) atoms. The average Bonchev–Trinajstić information content (AvgIpc) is 2.14. The van der Waals surface area contributed by atoms with E-state index < -0.39 is 11.9 Å². The predicted molar refractivity (Wildman–Crippen MR) is 44.1 cm³/mol. The smallest absolute Gasteiger partial charge is 0.356 e. The van der Waals surface area contributed by atoms with Gasteiger partial charge in [0.1, 0.15) is 5.70 Å². The highest BCUT2D eigenvalue weighted by Gasteiger charge is 2.10. The normalized spacial score (nSPS) is 10.5. The van der Waals surface area contributed by atoms with Crippen LogP contribution in [-0.4, -0.2) is 25.7 Å². The number of hydrazine groups is 1. The molecule has 0 aliphatic rings. The molecule has 0 aromatic heterocycles. The Hall–Kier alpha value is -1.56. The molecule has 0 aromatic rings. The lowest BCUT2D eigenvalue weighted by atomic mass is 10.4. The van der Waals surface area contributed by atoms with E-state index >= 15 is 0 Å². The van der Waals surface area contributed by atoms with Crippen molar-refractivity contribution in [3.63, 3.8) is 0 Å². The summed E-state index contributed by atoms with van der Waals surface area (Å²) < 4.78 is 8.87. The molecule has 0 saturated carbocycles. The van der Waals surface area contributed by atoms with Crippen LogP contribution in [-0.2, 0) is 19.1 Å². The number of ether oxygens (including phenoxy) is 2. The quantitative estimate of drug-likeness (QED) is 0.256. The molecule has 6 nitrogen and oxygen atoms in total. The van der Waals surface area contributed by atoms with Crippen LogP contribution < -0.4 is 11.3 Å². The first-order valence-corrected chi connectivity index (χ1v) is 3.59. The van der Waals surface area contributed by atoms with Crippen molar-refractivity contribution >= 4 is 11.9 Å². The Morgan fingerprint density at radius 1 is 1.54 bits per heavy atom. The largest absolute Gasteiger partial charge is 0.466 e. The number of carbonyl (C=O) groups is 2. The Morgan fingerprint density at radius 2 is 2.15 bits per heavy atom. The number of rotatable bonds is 4. The molecular formula is C7H12N2O4. The average molecular weight is 188 g/mol. The molecule has 0 atom stereocenters. The van der Waals surface area contributed by atoms with Gasteiger partial charge in [0.15, 0.2) is 0 Å². The van der Waals surface area contributed by atoms with Gasteiger partial charge in [0.05, 0.1) is 19.8 Å². The van der Waals surface area contributed by atoms with Crippen molar-refractivity contribution in [2.75, 3.05) is 13.7 Å². The van der Waals surface area contributed by atoms with Gasteiger partial charge in [-0.15, -0.1) is 0 Å². The highest BCUT2D eigenvalue weighted by molar-refractivity contribution is 5.95. The van der Waals surface area contributed by atoms with Gasteiger partial charge in [-0.3, -0.25) is 5.84 Å². The molecule has 0 heterocycles. The Morgan fingerprint density at radius 3 is 2.54 bits per heavy atom. The van der Waals surface area contributed by atoms with Crippen molar-refractivity contribution in [1.29, 1.82) is 0 Å². The minimum Gasteiger partial charge on any atom is -0.466 e. The highest BCUT2D eigenvalue weighted by Crippen LogP contribution is 1.93. The van der Waals surface area contributed by atoms with Gasteiger partial charge in [-0.1, -0.05) is 0 Å². The Balaban J connectivity index is 4.40. The lowest BCUT2D eigenvalue weighted by Gasteiger charge is -2.04. The van der Waals surface area contributed by atoms with Crippen molar-refractivity contribution in [1.82, 2.24) is 5.43 Å². The number of methoxy groups -OCH3 is 1. The zero-order valence-electron chi connectivity index (χ0n) is 7.49. The number of esters is 2. The molecule has 0 amide bonds. The molecule has 0 unspecified atom stereocenters. The van der Waals surface area contributed by atoms with Crippen LogP contribution in [0.2, 0.25) is 0 Å². The summed E-state index contributed by atoms with van der Waals surface area (Å²) in [5.41, 5.74) is 1.89. The van der Waals surface area contributed by atoms with Gasteiger partial charge in [-0.05, 0) is 6.92 Å². The van der Waals surface area contributed by atoms with Crippen LogP contribution >= 0.6 is 0 Å². The third-order valence-corrected chi connectivity index (χ3v) is 1.11. The molecule has 0 saturated heterocycles. The summed E-state index contributed by atoms with van der Waals surface area (Å²) in [7, 11) is 1.19. The van der Waals surface area contributed by atoms with Gasteiger partial charge in [0, 0.05) is 0 Å². The van der Waals surface area contributed by atoms with Crippen LogP contribution in [0, 0.1) is 0 Å². The third kappa shape index (κ3) is 4.12. The van der Waals surface area contributed by atoms with Crippen molar-refractivity contribution in [2.24, 2.45) is 5.84 Å². The Kier molecular flexibility index (Phi) is 5.29. The maximum atomic E-state index is 11.0. The number of carbonyl (C=O) groups excluding carboxylic acids is 2. The maximum Gasteiger partial charge on any atom is 0.356 e. The molecule has 0 bridgehead atoms. The molecule has 0 rings (SSSR count). The van der Waals surface area contributed by atoms with Crippen LogP contribution in [0.5, 0.6) is 0 Å². The lowest BCUT2D eigenvalue weighted by Crippen LogP contribution is -2.29. The summed E-state index contributed by atoms with van der Waals surface area (Å²) in [5.74, 6) is 3.60. The number of hydrogen-bond acceptors (Lipinski definition) is 6. The van der Waals surface area contributed by atoms with Crippen molar-refractivity contribution in [2.45, 2.75) is 6.92 Å². The van der Waals surface area contributed by atoms with Crippen molar-refractivity contribution in [3.8, 4) is 0 Å². The van der Waals surface area contributed by atoms with E-state index in [2.05, 4.69) is 9.47 Å². The molecule has 0 aromatic carbocycles. The molecule has 74 valence electrons. The zero-order chi connectivity index (χ0) is 10.3. The van der Waals surface area contributed by atoms with E-state index in [1.54, 1.807) is 6.92 Å². The molecule has 0 radical (unpaired) electrons. The SMILES string of the molecule is CCOC(=O)/C(=C/C(=O)OC)NN. The number of nitrogens with one attached hydrogen (secondary N) is 1. The molecule has 0 aliphatic heterocycles. The third-order valence-electron chi connectivity index (χ3n) is 1.11. The molecule has 3 N–H and O–H groups in total. The summed E-state index contributed by atoms with van der Waals surface area (Å²) in [6.45, 7) is 1.85. The van der Waals surface area contributed by atoms with Crippen LogP contribution in [0.3, 0.4) is 0 Å². The number of hydrogen-bond donors (Lipinski definition) is 2. The monoisotopic (exact) mass is 188 g/mol. The predicted octanol–water partition coefficient (Wildman–Crippen LogP) is -0.930. The van der Waals surface area contributed by atoms with E-state index in [0.29, 0.717) is 0 Å². The lowest BCUT2D eigenvalue weighted by molar-refractivity contribution is -0.140. The second kappa shape index (κ2) is 6.01. The van der Waals surface area contributed by atoms with Gasteiger partial charge in [-0.2, -0.15) is 0 Å². The van der Waals surface area contributed by atoms with E-state index in [1.807, 2.05) is 5.43 Å². The molecule has 6 heteroatoms. The van der Waals surface area contributed by atoms with Crippen LogP contribution in [0.1, 0.15) is 6.92 Å². The van der Waals surface area contributed by atoms with Gasteiger partial charge >= 0.3 is 11.9 Å². The summed E-state index contributed by atoms with van der Waals surface area (Å²) >= 11 is 0. The van der Waals surface area contributed by atoms with E-state index in [4.69, 9.17) is 5.84 Å². The fourth-order valence-electron chi connectivity index (χ4n) is 0.545. The minimum atomic E-state index is -0.699. The van der Waals surface area contributed by atoms with Crippen molar-refractivity contribution in [3.05, 3.63) is 11.8 Å². The second-order valence-corrected chi connectivity index (χ2v) is 1.95. The van der Waals surface area contributed by atoms with Gasteiger partial charge < -0.3 is 14.9 Å². The maximum absolute atomic E-state index is 11.0. The van der Waals surface area contributed by atoms with Crippen LogP contribution in [0.4, 0.5) is 0 Å². The van der Waals surface area contributed by atoms with Crippen LogP contribution in [0.15, 0.2) is 11.8 Å². The van der Waals surface area contributed by atoms with Gasteiger partial charge in [-0.25, -0.2) is 9.59 Å². The first-order chi connectivity index (χ1) is 6.15. The van der Waals surface area contributed by atoms with Gasteiger partial charge in [0.25, 0.3) is 0 Å². The molecule has 0 spiro atoms. The summed E-state index contributed by atoms with van der Waals surface area (Å²) in [6.07, 6.45) is 0.915. The second-order valence-electron chi connectivity index (χ2n) is 1.95. The summed E-state index contributed by atoms with van der Waals surface area (Å²) in [4.78, 5) is 21.7. The summed E-state index contributed by atoms with van der Waals surface area (Å²) in [6, 6.07) is 0. The minimum absolute atomic E-state index is 0.145. The molecule has 0 aliphatic carbocycles. The van der Waals surface area contributed by atoms with E-state index in [0.717, 1.165) is 6.08 Å². The number of nitrogens with two attached hydrogens (primary N) is 1. The summed E-state index contributed by atoms with van der Waals surface area (Å²) in [5, 5.41) is 0. The van der Waals surface area contributed by atoms with E-state index in [1.165, 1.54) is 7.11 Å². The van der Waals surface area contributed by atoms with Crippen molar-refractivity contribution < 1.29 is 19.1 Å². The highest BCUT2D eigenvalue weighted by atomic mass is 16.5. The standard InChI is InChI=1S/C7H12N2O4/c1-3-13-7(11)5(9-8)4-6(10)12-2/h4,9H,3,8H2,1-2H3/b5-4-. The fourth-order valence-corrected chi connectivity index (χ4v) is 0.545. The van der Waals surface area contributed by atoms with Crippen LogP contribution in [0.25, 0.3) is 0 Å². The molecular weight excluding hydrogens is 176 g/mol. The van der Waals surface area contributed by atoms with E-state index in [-0.39, 0.29) is 12.3 Å². The Bertz CT molecular complexity index is 225. The van der Waals surface area contributed by atoms with Gasteiger partial charge in [0.2, 0.25) is 0 Å². The first kappa shape index (κ1) is 11.4. The molecule has 0 fully saturated rings.